The van der Waals surface area contributed by atoms with Gasteiger partial charge in [-0.1, -0.05) is 54.8 Å². The van der Waals surface area contributed by atoms with Gasteiger partial charge in [0.2, 0.25) is 11.8 Å². The summed E-state index contributed by atoms with van der Waals surface area (Å²) >= 11 is 7.60. The van der Waals surface area contributed by atoms with Gasteiger partial charge < -0.3 is 10.2 Å². The summed E-state index contributed by atoms with van der Waals surface area (Å²) in [6.07, 6.45) is 4.34. The van der Waals surface area contributed by atoms with E-state index in [2.05, 4.69) is 5.32 Å². The number of carbonyl (C=O) groups excluding carboxylic acids is 2. The fraction of sp³-hybridized carbons (Fsp3) is 0.391. The van der Waals surface area contributed by atoms with Crippen molar-refractivity contribution >= 4 is 35.2 Å². The van der Waals surface area contributed by atoms with Crippen LogP contribution < -0.4 is 5.32 Å². The number of nitrogens with one attached hydrogen (secondary N) is 1. The van der Waals surface area contributed by atoms with Crippen LogP contribution in [0.2, 0.25) is 5.02 Å². The average molecular weight is 431 g/mol. The molecule has 1 atom stereocenters. The molecule has 3 rings (SSSR count). The van der Waals surface area contributed by atoms with Crippen LogP contribution >= 0.6 is 23.4 Å². The molecule has 0 aliphatic heterocycles. The average Bonchev–Trinajstić information content (AvgIpc) is 3.23. The van der Waals surface area contributed by atoms with Crippen molar-refractivity contribution in [2.24, 2.45) is 0 Å². The van der Waals surface area contributed by atoms with E-state index in [1.807, 2.05) is 48.5 Å². The molecule has 1 aliphatic carbocycles. The molecule has 0 bridgehead atoms. The zero-order chi connectivity index (χ0) is 20.6. The van der Waals surface area contributed by atoms with Crippen molar-refractivity contribution in [2.75, 3.05) is 5.75 Å². The van der Waals surface area contributed by atoms with E-state index >= 15 is 0 Å². The quantitative estimate of drug-likeness (QED) is 0.605. The van der Waals surface area contributed by atoms with Gasteiger partial charge >= 0.3 is 0 Å². The lowest BCUT2D eigenvalue weighted by Gasteiger charge is -2.29. The maximum Gasteiger partial charge on any atom is 0.242 e. The molecule has 6 heteroatoms. The Kier molecular flexibility index (Phi) is 8.01. The van der Waals surface area contributed by atoms with Crippen molar-refractivity contribution in [1.82, 2.24) is 10.2 Å². The number of carbonyl (C=O) groups is 2. The van der Waals surface area contributed by atoms with Crippen LogP contribution in [0.1, 0.15) is 38.2 Å². The number of halogens is 1. The second kappa shape index (κ2) is 10.7. The van der Waals surface area contributed by atoms with E-state index in [0.29, 0.717) is 11.6 Å². The summed E-state index contributed by atoms with van der Waals surface area (Å²) in [4.78, 5) is 28.6. The molecule has 1 aliphatic rings. The molecule has 2 aromatic rings. The van der Waals surface area contributed by atoms with Crippen LogP contribution in [0, 0.1) is 0 Å². The molecule has 1 saturated carbocycles. The van der Waals surface area contributed by atoms with Gasteiger partial charge in [-0.05, 0) is 49.6 Å². The third kappa shape index (κ3) is 6.51. The smallest absolute Gasteiger partial charge is 0.242 e. The summed E-state index contributed by atoms with van der Waals surface area (Å²) in [7, 11) is 0. The molecule has 0 saturated heterocycles. The van der Waals surface area contributed by atoms with Crippen LogP contribution in [0.3, 0.4) is 0 Å². The lowest BCUT2D eigenvalue weighted by Crippen LogP contribution is -2.50. The van der Waals surface area contributed by atoms with E-state index in [1.54, 1.807) is 17.9 Å². The molecule has 0 spiro atoms. The minimum Gasteiger partial charge on any atom is -0.352 e. The number of hydrogen-bond acceptors (Lipinski definition) is 3. The zero-order valence-corrected chi connectivity index (χ0v) is 18.2. The first-order valence-electron chi connectivity index (χ1n) is 10.0. The van der Waals surface area contributed by atoms with Gasteiger partial charge in [0, 0.05) is 22.5 Å². The molecule has 4 nitrogen and oxygen atoms in total. The first-order valence-corrected chi connectivity index (χ1v) is 11.4. The van der Waals surface area contributed by atoms with Crippen molar-refractivity contribution < 1.29 is 9.59 Å². The summed E-state index contributed by atoms with van der Waals surface area (Å²) in [6, 6.07) is 16.9. The van der Waals surface area contributed by atoms with Crippen molar-refractivity contribution in [1.29, 1.82) is 0 Å². The van der Waals surface area contributed by atoms with Gasteiger partial charge in [0.05, 0.1) is 5.75 Å². The van der Waals surface area contributed by atoms with Gasteiger partial charge in [0.25, 0.3) is 0 Å². The van der Waals surface area contributed by atoms with Gasteiger partial charge in [0.1, 0.15) is 6.04 Å². The van der Waals surface area contributed by atoms with Crippen LogP contribution in [0.4, 0.5) is 0 Å². The van der Waals surface area contributed by atoms with Crippen molar-refractivity contribution in [3.8, 4) is 0 Å². The monoisotopic (exact) mass is 430 g/mol. The summed E-state index contributed by atoms with van der Waals surface area (Å²) in [5.74, 6) is 0.135. The van der Waals surface area contributed by atoms with Crippen LogP contribution in [0.15, 0.2) is 59.5 Å². The minimum absolute atomic E-state index is 0.0621. The summed E-state index contributed by atoms with van der Waals surface area (Å²) in [5, 5.41) is 3.74. The third-order valence-electron chi connectivity index (χ3n) is 5.22. The molecule has 29 heavy (non-hydrogen) atoms. The fourth-order valence-corrected chi connectivity index (χ4v) is 4.57. The Hall–Kier alpha value is -1.98. The Labute approximate surface area is 182 Å². The highest BCUT2D eigenvalue weighted by Gasteiger charge is 2.28. The van der Waals surface area contributed by atoms with E-state index in [1.165, 1.54) is 11.8 Å². The molecule has 0 unspecified atom stereocenters. The predicted octanol–water partition coefficient (Wildman–Crippen LogP) is 4.91. The Balaban J connectivity index is 1.70. The first kappa shape index (κ1) is 21.7. The van der Waals surface area contributed by atoms with Crippen LogP contribution in [-0.4, -0.2) is 34.6 Å². The second-order valence-corrected chi connectivity index (χ2v) is 8.90. The Morgan fingerprint density at radius 3 is 2.55 bits per heavy atom. The maximum atomic E-state index is 13.1. The number of benzene rings is 2. The van der Waals surface area contributed by atoms with Crippen LogP contribution in [0.5, 0.6) is 0 Å². The molecular formula is C23H27ClN2O2S. The Morgan fingerprint density at radius 1 is 1.14 bits per heavy atom. The predicted molar refractivity (Wildman–Crippen MR) is 119 cm³/mol. The van der Waals surface area contributed by atoms with E-state index < -0.39 is 6.04 Å². The number of thioether (sulfide) groups is 1. The Bertz CT molecular complexity index is 825. The van der Waals surface area contributed by atoms with E-state index in [0.717, 1.165) is 36.1 Å². The standard InChI is InChI=1S/C23H27ClN2O2S/c1-17(23(28)25-20-10-5-6-11-20)26(15-18-8-7-9-19(24)14-18)22(27)16-29-21-12-3-2-4-13-21/h2-4,7-9,12-14,17,20H,5-6,10-11,15-16H2,1H3,(H,25,28)/t17-/m1/s1. The molecule has 2 aromatic carbocycles. The summed E-state index contributed by atoms with van der Waals surface area (Å²) in [5.41, 5.74) is 0.913. The third-order valence-corrected chi connectivity index (χ3v) is 6.45. The molecule has 2 amide bonds. The zero-order valence-electron chi connectivity index (χ0n) is 16.6. The lowest BCUT2D eigenvalue weighted by molar-refractivity contribution is -0.138. The van der Waals surface area contributed by atoms with Crippen molar-refractivity contribution in [2.45, 2.75) is 56.1 Å². The van der Waals surface area contributed by atoms with Gasteiger partial charge in [-0.2, -0.15) is 0 Å². The van der Waals surface area contributed by atoms with Crippen molar-refractivity contribution in [3.63, 3.8) is 0 Å². The van der Waals surface area contributed by atoms with Crippen LogP contribution in [-0.2, 0) is 16.1 Å². The van der Waals surface area contributed by atoms with E-state index in [9.17, 15) is 9.59 Å². The molecule has 1 N–H and O–H groups in total. The number of amides is 2. The molecular weight excluding hydrogens is 404 g/mol. The highest BCUT2D eigenvalue weighted by molar-refractivity contribution is 8.00. The molecule has 0 aromatic heterocycles. The van der Waals surface area contributed by atoms with Gasteiger partial charge in [-0.3, -0.25) is 9.59 Å². The number of nitrogens with zero attached hydrogens (tertiary/aromatic N) is 1. The highest BCUT2D eigenvalue weighted by Crippen LogP contribution is 2.21. The second-order valence-electron chi connectivity index (χ2n) is 7.42. The normalized spacial score (nSPS) is 15.1. The largest absolute Gasteiger partial charge is 0.352 e. The number of hydrogen-bond donors (Lipinski definition) is 1. The van der Waals surface area contributed by atoms with Crippen LogP contribution in [0.25, 0.3) is 0 Å². The van der Waals surface area contributed by atoms with Gasteiger partial charge in [0.15, 0.2) is 0 Å². The molecule has 0 radical (unpaired) electrons. The summed E-state index contributed by atoms with van der Waals surface area (Å²) in [6.45, 7) is 2.16. The van der Waals surface area contributed by atoms with Crippen molar-refractivity contribution in [3.05, 3.63) is 65.2 Å². The lowest BCUT2D eigenvalue weighted by atomic mass is 10.1. The maximum absolute atomic E-state index is 13.1. The van der Waals surface area contributed by atoms with Gasteiger partial charge in [-0.15, -0.1) is 11.8 Å². The minimum atomic E-state index is -0.543. The van der Waals surface area contributed by atoms with E-state index in [4.69, 9.17) is 11.6 Å². The van der Waals surface area contributed by atoms with E-state index in [-0.39, 0.29) is 23.6 Å². The highest BCUT2D eigenvalue weighted by atomic mass is 35.5. The SMILES string of the molecule is C[C@H](C(=O)NC1CCCC1)N(Cc1cccc(Cl)c1)C(=O)CSc1ccccc1. The Morgan fingerprint density at radius 2 is 1.86 bits per heavy atom. The van der Waals surface area contributed by atoms with Gasteiger partial charge in [-0.25, -0.2) is 0 Å². The molecule has 154 valence electrons. The topological polar surface area (TPSA) is 49.4 Å². The first-order chi connectivity index (χ1) is 14.0. The summed E-state index contributed by atoms with van der Waals surface area (Å²) < 4.78 is 0. The fourth-order valence-electron chi connectivity index (χ4n) is 3.55. The number of rotatable bonds is 8. The molecule has 1 fully saturated rings. The molecule has 0 heterocycles.